The zero-order valence-corrected chi connectivity index (χ0v) is 8.33. The van der Waals surface area contributed by atoms with Gasteiger partial charge in [-0.25, -0.2) is 9.67 Å². The van der Waals surface area contributed by atoms with Crippen molar-refractivity contribution in [2.24, 2.45) is 5.41 Å². The SMILES string of the molecule is CC1(C(Cl)=Cn2cncn2)CCC1. The number of nitrogens with zero attached hydrogens (tertiary/aromatic N) is 3. The Hall–Kier alpha value is -0.830. The van der Waals surface area contributed by atoms with Crippen LogP contribution in [-0.2, 0) is 0 Å². The summed E-state index contributed by atoms with van der Waals surface area (Å²) in [6, 6.07) is 0. The highest BCUT2D eigenvalue weighted by Crippen LogP contribution is 2.48. The van der Waals surface area contributed by atoms with Gasteiger partial charge >= 0.3 is 0 Å². The molecule has 0 spiro atoms. The van der Waals surface area contributed by atoms with E-state index in [2.05, 4.69) is 17.0 Å². The van der Waals surface area contributed by atoms with Crippen LogP contribution in [0.15, 0.2) is 17.7 Å². The lowest BCUT2D eigenvalue weighted by Gasteiger charge is -2.37. The summed E-state index contributed by atoms with van der Waals surface area (Å²) >= 11 is 6.19. The highest BCUT2D eigenvalue weighted by atomic mass is 35.5. The molecule has 4 heteroatoms. The molecule has 1 heterocycles. The van der Waals surface area contributed by atoms with Crippen LogP contribution in [0.25, 0.3) is 6.20 Å². The molecule has 0 amide bonds. The average molecular weight is 198 g/mol. The van der Waals surface area contributed by atoms with Crippen LogP contribution in [0.1, 0.15) is 26.2 Å². The van der Waals surface area contributed by atoms with Crippen molar-refractivity contribution < 1.29 is 0 Å². The third kappa shape index (κ3) is 1.61. The van der Waals surface area contributed by atoms with E-state index in [1.54, 1.807) is 11.0 Å². The van der Waals surface area contributed by atoms with Crippen molar-refractivity contribution in [3.63, 3.8) is 0 Å². The normalized spacial score (nSPS) is 21.2. The molecule has 1 aromatic heterocycles. The average Bonchev–Trinajstić information content (AvgIpc) is 2.52. The van der Waals surface area contributed by atoms with Gasteiger partial charge in [0, 0.05) is 16.6 Å². The maximum absolute atomic E-state index is 6.19. The van der Waals surface area contributed by atoms with Gasteiger partial charge in [-0.15, -0.1) is 0 Å². The van der Waals surface area contributed by atoms with E-state index in [0.29, 0.717) is 0 Å². The molecule has 0 atom stereocenters. The number of hydrogen-bond donors (Lipinski definition) is 0. The Labute approximate surface area is 82.4 Å². The van der Waals surface area contributed by atoms with Gasteiger partial charge in [0.1, 0.15) is 12.7 Å². The van der Waals surface area contributed by atoms with Crippen LogP contribution < -0.4 is 0 Å². The van der Waals surface area contributed by atoms with Crippen LogP contribution in [0.4, 0.5) is 0 Å². The lowest BCUT2D eigenvalue weighted by atomic mass is 9.70. The third-order valence-corrected chi connectivity index (χ3v) is 3.27. The van der Waals surface area contributed by atoms with E-state index in [9.17, 15) is 0 Å². The second kappa shape index (κ2) is 3.14. The Morgan fingerprint density at radius 1 is 1.62 bits per heavy atom. The Kier molecular flexibility index (Phi) is 2.12. The summed E-state index contributed by atoms with van der Waals surface area (Å²) in [7, 11) is 0. The van der Waals surface area contributed by atoms with Crippen LogP contribution >= 0.6 is 11.6 Å². The van der Waals surface area contributed by atoms with Gasteiger partial charge < -0.3 is 0 Å². The van der Waals surface area contributed by atoms with Gasteiger partial charge in [0.25, 0.3) is 0 Å². The summed E-state index contributed by atoms with van der Waals surface area (Å²) in [4.78, 5) is 3.85. The molecule has 0 saturated heterocycles. The van der Waals surface area contributed by atoms with Crippen LogP contribution in [0.2, 0.25) is 0 Å². The first-order chi connectivity index (χ1) is 6.21. The summed E-state index contributed by atoms with van der Waals surface area (Å²) in [6.07, 6.45) is 8.62. The van der Waals surface area contributed by atoms with E-state index in [0.717, 1.165) is 5.03 Å². The molecule has 1 aliphatic carbocycles. The van der Waals surface area contributed by atoms with Crippen LogP contribution in [0.5, 0.6) is 0 Å². The van der Waals surface area contributed by atoms with Gasteiger partial charge in [0.2, 0.25) is 0 Å². The van der Waals surface area contributed by atoms with Crippen molar-refractivity contribution in [3.8, 4) is 0 Å². The highest BCUT2D eigenvalue weighted by Gasteiger charge is 2.34. The van der Waals surface area contributed by atoms with E-state index >= 15 is 0 Å². The fraction of sp³-hybridized carbons (Fsp3) is 0.556. The minimum atomic E-state index is 0.188. The monoisotopic (exact) mass is 197 g/mol. The Morgan fingerprint density at radius 3 is 2.85 bits per heavy atom. The first kappa shape index (κ1) is 8.75. The van der Waals surface area contributed by atoms with Gasteiger partial charge in [-0.1, -0.05) is 24.9 Å². The van der Waals surface area contributed by atoms with E-state index in [1.165, 1.54) is 25.6 Å². The van der Waals surface area contributed by atoms with E-state index in [4.69, 9.17) is 11.6 Å². The molecular formula is C9H12ClN3. The largest absolute Gasteiger partial charge is 0.227 e. The molecule has 0 unspecified atom stereocenters. The van der Waals surface area contributed by atoms with E-state index < -0.39 is 0 Å². The Balaban J connectivity index is 2.16. The molecular weight excluding hydrogens is 186 g/mol. The summed E-state index contributed by atoms with van der Waals surface area (Å²) in [5.41, 5.74) is 0.188. The number of rotatable bonds is 2. The number of hydrogen-bond acceptors (Lipinski definition) is 2. The van der Waals surface area contributed by atoms with Crippen molar-refractivity contribution in [1.82, 2.24) is 14.8 Å². The smallest absolute Gasteiger partial charge is 0.138 e. The van der Waals surface area contributed by atoms with Gasteiger partial charge in [-0.2, -0.15) is 5.10 Å². The molecule has 1 aliphatic rings. The predicted molar refractivity (Wildman–Crippen MR) is 52.1 cm³/mol. The number of halogens is 1. The summed E-state index contributed by atoms with van der Waals surface area (Å²) < 4.78 is 1.64. The maximum Gasteiger partial charge on any atom is 0.138 e. The van der Waals surface area contributed by atoms with Crippen LogP contribution in [-0.4, -0.2) is 14.8 Å². The second-order valence-corrected chi connectivity index (χ2v) is 4.17. The van der Waals surface area contributed by atoms with Crippen molar-refractivity contribution in [1.29, 1.82) is 0 Å². The standard InChI is InChI=1S/C9H12ClN3/c1-9(3-2-4-9)8(10)5-13-7-11-6-12-13/h5-7H,2-4H2,1H3. The zero-order valence-electron chi connectivity index (χ0n) is 7.57. The van der Waals surface area contributed by atoms with Gasteiger partial charge in [0.05, 0.1) is 0 Å². The summed E-state index contributed by atoms with van der Waals surface area (Å²) in [6.45, 7) is 2.19. The molecule has 13 heavy (non-hydrogen) atoms. The van der Waals surface area contributed by atoms with Crippen molar-refractivity contribution in [3.05, 3.63) is 17.7 Å². The van der Waals surface area contributed by atoms with Crippen molar-refractivity contribution >= 4 is 17.8 Å². The van der Waals surface area contributed by atoms with Gasteiger partial charge in [0.15, 0.2) is 0 Å². The first-order valence-electron chi connectivity index (χ1n) is 4.43. The molecule has 0 N–H and O–H groups in total. The first-order valence-corrected chi connectivity index (χ1v) is 4.80. The van der Waals surface area contributed by atoms with E-state index in [1.807, 2.05) is 6.20 Å². The maximum atomic E-state index is 6.19. The fourth-order valence-electron chi connectivity index (χ4n) is 1.50. The molecule has 0 aromatic carbocycles. The molecule has 1 saturated carbocycles. The second-order valence-electron chi connectivity index (χ2n) is 3.77. The Morgan fingerprint density at radius 2 is 2.38 bits per heavy atom. The molecule has 0 bridgehead atoms. The van der Waals surface area contributed by atoms with Gasteiger partial charge in [-0.05, 0) is 12.8 Å². The summed E-state index contributed by atoms with van der Waals surface area (Å²) in [5, 5.41) is 4.85. The molecule has 0 aliphatic heterocycles. The number of allylic oxidation sites excluding steroid dienone is 1. The summed E-state index contributed by atoms with van der Waals surface area (Å²) in [5.74, 6) is 0. The molecule has 1 aromatic rings. The third-order valence-electron chi connectivity index (χ3n) is 2.72. The fourth-order valence-corrected chi connectivity index (χ4v) is 1.79. The topological polar surface area (TPSA) is 30.7 Å². The highest BCUT2D eigenvalue weighted by molar-refractivity contribution is 6.31. The minimum Gasteiger partial charge on any atom is -0.227 e. The predicted octanol–water partition coefficient (Wildman–Crippen LogP) is 2.51. The molecule has 70 valence electrons. The quantitative estimate of drug-likeness (QED) is 0.730. The van der Waals surface area contributed by atoms with E-state index in [-0.39, 0.29) is 5.41 Å². The molecule has 1 fully saturated rings. The van der Waals surface area contributed by atoms with Crippen LogP contribution in [0.3, 0.4) is 0 Å². The van der Waals surface area contributed by atoms with Crippen molar-refractivity contribution in [2.75, 3.05) is 0 Å². The molecule has 3 nitrogen and oxygen atoms in total. The molecule has 2 rings (SSSR count). The number of aromatic nitrogens is 3. The lowest BCUT2D eigenvalue weighted by molar-refractivity contribution is 0.227. The zero-order chi connectivity index (χ0) is 9.31. The van der Waals surface area contributed by atoms with Gasteiger partial charge in [-0.3, -0.25) is 0 Å². The molecule has 0 radical (unpaired) electrons. The van der Waals surface area contributed by atoms with Crippen molar-refractivity contribution in [2.45, 2.75) is 26.2 Å². The Bertz CT molecular complexity index is 312. The lowest BCUT2D eigenvalue weighted by Crippen LogP contribution is -2.25. The van der Waals surface area contributed by atoms with Crippen LogP contribution in [0, 0.1) is 5.41 Å². The minimum absolute atomic E-state index is 0.188.